The van der Waals surface area contributed by atoms with Crippen LogP contribution in [0.2, 0.25) is 0 Å². The second-order valence-electron chi connectivity index (χ2n) is 8.86. The van der Waals surface area contributed by atoms with Crippen molar-refractivity contribution in [3.8, 4) is 11.8 Å². The van der Waals surface area contributed by atoms with Gasteiger partial charge in [-0.3, -0.25) is 4.79 Å². The van der Waals surface area contributed by atoms with Crippen LogP contribution in [-0.4, -0.2) is 52.1 Å². The number of carboxylic acid groups (broad SMARTS) is 1. The maximum atomic E-state index is 14.0. The van der Waals surface area contributed by atoms with E-state index < -0.39 is 23.5 Å². The lowest BCUT2D eigenvalue weighted by atomic mass is 9.76. The molecule has 38 heavy (non-hydrogen) atoms. The minimum Gasteiger partial charge on any atom is -0.497 e. The Morgan fingerprint density at radius 1 is 0.842 bits per heavy atom. The third kappa shape index (κ3) is 5.06. The summed E-state index contributed by atoms with van der Waals surface area (Å²) in [6.07, 6.45) is -1.61. The smallest absolute Gasteiger partial charge is 0.348 e. The van der Waals surface area contributed by atoms with Crippen molar-refractivity contribution in [2.45, 2.75) is 25.5 Å². The van der Waals surface area contributed by atoms with Gasteiger partial charge in [0.25, 0.3) is 5.91 Å². The highest BCUT2D eigenvalue weighted by atomic mass is 16.5. The first kappa shape index (κ1) is 26.3. The molecule has 0 aliphatic heterocycles. The predicted molar refractivity (Wildman–Crippen MR) is 142 cm³/mol. The number of aromatic nitrogens is 2. The third-order valence-corrected chi connectivity index (χ3v) is 6.39. The largest absolute Gasteiger partial charge is 0.497 e. The lowest BCUT2D eigenvalue weighted by molar-refractivity contribution is -0.151. The van der Waals surface area contributed by atoms with Crippen molar-refractivity contribution in [2.75, 3.05) is 14.2 Å². The number of carbonyl (C=O) groups is 2. The Morgan fingerprint density at radius 2 is 1.34 bits per heavy atom. The number of methoxy groups -OCH3 is 1. The van der Waals surface area contributed by atoms with Crippen LogP contribution >= 0.6 is 0 Å². The van der Waals surface area contributed by atoms with E-state index in [4.69, 9.17) is 9.47 Å². The van der Waals surface area contributed by atoms with E-state index in [-0.39, 0.29) is 6.01 Å². The number of ether oxygens (including phenoxy) is 2. The zero-order valence-corrected chi connectivity index (χ0v) is 21.7. The van der Waals surface area contributed by atoms with Crippen LogP contribution in [-0.2, 0) is 10.3 Å². The first-order chi connectivity index (χ1) is 18.3. The van der Waals surface area contributed by atoms with Crippen LogP contribution in [0.3, 0.4) is 0 Å². The lowest BCUT2D eigenvalue weighted by Crippen LogP contribution is -2.60. The van der Waals surface area contributed by atoms with Crippen LogP contribution in [0.5, 0.6) is 11.8 Å². The molecule has 8 heteroatoms. The Kier molecular flexibility index (Phi) is 7.71. The lowest BCUT2D eigenvalue weighted by Gasteiger charge is -2.45. The van der Waals surface area contributed by atoms with E-state index in [1.54, 1.807) is 107 Å². The first-order valence-corrected chi connectivity index (χ1v) is 12.0. The van der Waals surface area contributed by atoms with E-state index in [0.717, 1.165) is 0 Å². The van der Waals surface area contributed by atoms with Crippen molar-refractivity contribution in [1.29, 1.82) is 0 Å². The molecule has 1 unspecified atom stereocenters. The number of carboxylic acids is 1. The van der Waals surface area contributed by atoms with Crippen molar-refractivity contribution in [1.82, 2.24) is 14.9 Å². The molecule has 1 heterocycles. The van der Waals surface area contributed by atoms with Gasteiger partial charge < -0.3 is 19.5 Å². The molecule has 1 N–H and O–H groups in total. The van der Waals surface area contributed by atoms with E-state index >= 15 is 0 Å². The number of hydrogen-bond donors (Lipinski definition) is 1. The average Bonchev–Trinajstić information content (AvgIpc) is 2.93. The Morgan fingerprint density at radius 3 is 1.79 bits per heavy atom. The minimum atomic E-state index is -1.61. The average molecular weight is 512 g/mol. The molecule has 3 aromatic carbocycles. The van der Waals surface area contributed by atoms with Crippen molar-refractivity contribution < 1.29 is 24.2 Å². The van der Waals surface area contributed by atoms with Gasteiger partial charge in [0.2, 0.25) is 6.10 Å². The summed E-state index contributed by atoms with van der Waals surface area (Å²) in [5.41, 5.74) is 1.11. The fraction of sp³-hybridized carbons (Fsp3) is 0.200. The number of amides is 1. The molecule has 0 spiro atoms. The third-order valence-electron chi connectivity index (χ3n) is 6.39. The molecule has 0 aliphatic carbocycles. The van der Waals surface area contributed by atoms with Gasteiger partial charge in [0.15, 0.2) is 0 Å². The summed E-state index contributed by atoms with van der Waals surface area (Å²) < 4.78 is 11.4. The van der Waals surface area contributed by atoms with Crippen LogP contribution in [0.15, 0.2) is 91.0 Å². The van der Waals surface area contributed by atoms with Crippen LogP contribution in [0.1, 0.15) is 32.9 Å². The summed E-state index contributed by atoms with van der Waals surface area (Å²) in [7, 11) is 3.12. The Bertz CT molecular complexity index is 1350. The molecule has 0 radical (unpaired) electrons. The highest BCUT2D eigenvalue weighted by molar-refractivity contribution is 5.96. The summed E-state index contributed by atoms with van der Waals surface area (Å²) >= 11 is 0. The highest BCUT2D eigenvalue weighted by Gasteiger charge is 2.53. The van der Waals surface area contributed by atoms with E-state index in [1.807, 2.05) is 12.1 Å². The second kappa shape index (κ2) is 11.1. The summed E-state index contributed by atoms with van der Waals surface area (Å²) in [5.74, 6) is -1.09. The fourth-order valence-electron chi connectivity index (χ4n) is 4.67. The van der Waals surface area contributed by atoms with Crippen molar-refractivity contribution in [2.24, 2.45) is 0 Å². The summed E-state index contributed by atoms with van der Waals surface area (Å²) in [6.45, 7) is 3.55. The molecule has 8 nitrogen and oxygen atoms in total. The molecule has 4 aromatic rings. The molecular weight excluding hydrogens is 482 g/mol. The maximum absolute atomic E-state index is 14.0. The molecule has 0 saturated carbocycles. The van der Waals surface area contributed by atoms with Gasteiger partial charge in [0, 0.05) is 24.0 Å². The van der Waals surface area contributed by atoms with E-state index in [0.29, 0.717) is 33.8 Å². The number of hydrogen-bond acceptors (Lipinski definition) is 6. The maximum Gasteiger partial charge on any atom is 0.348 e. The molecule has 0 bridgehead atoms. The van der Waals surface area contributed by atoms with Gasteiger partial charge in [-0.2, -0.15) is 0 Å². The quantitative estimate of drug-likeness (QED) is 0.349. The summed E-state index contributed by atoms with van der Waals surface area (Å²) in [6, 6.07) is 26.3. The molecular formula is C30H29N3O5. The molecule has 194 valence electrons. The van der Waals surface area contributed by atoms with Gasteiger partial charge in [0.1, 0.15) is 11.3 Å². The zero-order valence-electron chi connectivity index (χ0n) is 21.7. The molecule has 0 fully saturated rings. The van der Waals surface area contributed by atoms with Gasteiger partial charge in [-0.05, 0) is 55.3 Å². The number of rotatable bonds is 9. The summed E-state index contributed by atoms with van der Waals surface area (Å²) in [5, 5.41) is 10.7. The monoisotopic (exact) mass is 511 g/mol. The topological polar surface area (TPSA) is 102 Å². The minimum absolute atomic E-state index is 0.0866. The van der Waals surface area contributed by atoms with E-state index in [9.17, 15) is 14.7 Å². The Balaban J connectivity index is 1.98. The second-order valence-corrected chi connectivity index (χ2v) is 8.86. The first-order valence-electron chi connectivity index (χ1n) is 12.0. The molecule has 1 atom stereocenters. The van der Waals surface area contributed by atoms with Crippen LogP contribution in [0.4, 0.5) is 0 Å². The standard InChI is InChI=1S/C30H29N3O5/c1-20-19-21(2)32-29(31-20)38-26(28(35)36)30(23-11-7-5-8-12-23,24-13-9-6-10-14-24)33(3)27(34)22-15-17-25(37-4)18-16-22/h5-19,26H,1-4H3,(H,35,36). The predicted octanol–water partition coefficient (Wildman–Crippen LogP) is 4.65. The van der Waals surface area contributed by atoms with Crippen LogP contribution in [0.25, 0.3) is 0 Å². The molecule has 4 rings (SSSR count). The van der Waals surface area contributed by atoms with Crippen molar-refractivity contribution in [3.05, 3.63) is 119 Å². The number of carbonyl (C=O) groups excluding carboxylic acids is 1. The number of likely N-dealkylation sites (N-methyl/N-ethyl adjacent to an activating group) is 1. The van der Waals surface area contributed by atoms with Gasteiger partial charge in [-0.25, -0.2) is 14.8 Å². The summed E-state index contributed by atoms with van der Waals surface area (Å²) in [4.78, 5) is 37.2. The normalized spacial score (nSPS) is 11.9. The Hall–Kier alpha value is -4.72. The number of nitrogens with zero attached hydrogens (tertiary/aromatic N) is 3. The van der Waals surface area contributed by atoms with Crippen LogP contribution in [0, 0.1) is 13.8 Å². The molecule has 0 aliphatic rings. The van der Waals surface area contributed by atoms with E-state index in [2.05, 4.69) is 9.97 Å². The molecule has 1 amide bonds. The SMILES string of the molecule is COc1ccc(C(=O)N(C)C(c2ccccc2)(c2ccccc2)C(Oc2nc(C)cc(C)n2)C(=O)O)cc1. The van der Waals surface area contributed by atoms with Crippen molar-refractivity contribution in [3.63, 3.8) is 0 Å². The van der Waals surface area contributed by atoms with Gasteiger partial charge >= 0.3 is 12.0 Å². The van der Waals surface area contributed by atoms with Crippen molar-refractivity contribution >= 4 is 11.9 Å². The molecule has 1 aromatic heterocycles. The fourth-order valence-corrected chi connectivity index (χ4v) is 4.67. The molecule has 0 saturated heterocycles. The van der Waals surface area contributed by atoms with Crippen LogP contribution < -0.4 is 9.47 Å². The Labute approximate surface area is 221 Å². The number of aryl methyl sites for hydroxylation is 2. The van der Waals surface area contributed by atoms with Gasteiger partial charge in [-0.1, -0.05) is 60.7 Å². The highest BCUT2D eigenvalue weighted by Crippen LogP contribution is 2.41. The van der Waals surface area contributed by atoms with Gasteiger partial charge in [-0.15, -0.1) is 0 Å². The zero-order chi connectivity index (χ0) is 27.3. The number of benzene rings is 3. The van der Waals surface area contributed by atoms with E-state index in [1.165, 1.54) is 4.90 Å². The number of aliphatic carboxylic acids is 1. The van der Waals surface area contributed by atoms with Gasteiger partial charge in [0.05, 0.1) is 7.11 Å².